The van der Waals surface area contributed by atoms with Gasteiger partial charge >= 0.3 is 6.18 Å². The molecular weight excluding hydrogens is 394 g/mol. The van der Waals surface area contributed by atoms with Crippen molar-refractivity contribution in [2.75, 3.05) is 5.32 Å². The lowest BCUT2D eigenvalue weighted by Gasteiger charge is -2.14. The molecule has 1 N–H and O–H groups in total. The van der Waals surface area contributed by atoms with Gasteiger partial charge in [-0.05, 0) is 30.7 Å². The molecule has 25 heavy (non-hydrogen) atoms. The molecule has 0 heterocycles. The number of hydrogen-bond acceptors (Lipinski definition) is 2. The molecule has 2 aromatic rings. The van der Waals surface area contributed by atoms with E-state index in [2.05, 4.69) is 5.32 Å². The normalized spacial score (nSPS) is 12.7. The van der Waals surface area contributed by atoms with Gasteiger partial charge < -0.3 is 5.32 Å². The van der Waals surface area contributed by atoms with Crippen LogP contribution in [0.2, 0.25) is 10.0 Å². The van der Waals surface area contributed by atoms with Crippen molar-refractivity contribution in [1.82, 2.24) is 0 Å². The molecule has 2 rings (SSSR count). The molecular formula is C17H14Cl2F3NOS. The van der Waals surface area contributed by atoms with Gasteiger partial charge in [-0.15, -0.1) is 11.8 Å². The van der Waals surface area contributed by atoms with Gasteiger partial charge in [-0.2, -0.15) is 13.2 Å². The number of rotatable bonds is 5. The monoisotopic (exact) mass is 407 g/mol. The highest BCUT2D eigenvalue weighted by molar-refractivity contribution is 7.99. The van der Waals surface area contributed by atoms with Gasteiger partial charge in [0.25, 0.3) is 0 Å². The molecule has 0 radical (unpaired) electrons. The second-order valence-electron chi connectivity index (χ2n) is 5.24. The van der Waals surface area contributed by atoms with Gasteiger partial charge in [0.15, 0.2) is 0 Å². The zero-order chi connectivity index (χ0) is 18.6. The van der Waals surface area contributed by atoms with Crippen molar-refractivity contribution in [3.05, 3.63) is 63.6 Å². The fourth-order valence-corrected chi connectivity index (χ4v) is 3.30. The van der Waals surface area contributed by atoms with Crippen molar-refractivity contribution in [1.29, 1.82) is 0 Å². The van der Waals surface area contributed by atoms with Crippen molar-refractivity contribution < 1.29 is 18.0 Å². The zero-order valence-electron chi connectivity index (χ0n) is 13.0. The first-order valence-corrected chi connectivity index (χ1v) is 9.01. The maximum absolute atomic E-state index is 12.7. The number of para-hydroxylation sites is 1. The van der Waals surface area contributed by atoms with Crippen LogP contribution in [0.15, 0.2) is 42.5 Å². The van der Waals surface area contributed by atoms with Crippen LogP contribution in [0.25, 0.3) is 0 Å². The summed E-state index contributed by atoms with van der Waals surface area (Å²) in [5, 5.41) is 2.78. The number of carbonyl (C=O) groups excluding carboxylic acids is 1. The van der Waals surface area contributed by atoms with E-state index in [4.69, 9.17) is 23.2 Å². The summed E-state index contributed by atoms with van der Waals surface area (Å²) in [5.74, 6) is -0.0543. The van der Waals surface area contributed by atoms with E-state index in [-0.39, 0.29) is 11.7 Å². The first-order chi connectivity index (χ1) is 11.7. The van der Waals surface area contributed by atoms with Crippen LogP contribution < -0.4 is 5.32 Å². The van der Waals surface area contributed by atoms with E-state index in [0.717, 1.165) is 12.1 Å². The van der Waals surface area contributed by atoms with Crippen molar-refractivity contribution in [2.24, 2.45) is 0 Å². The average Bonchev–Trinajstić information content (AvgIpc) is 2.55. The number of alkyl halides is 3. The fourth-order valence-electron chi connectivity index (χ4n) is 1.98. The number of halogens is 5. The number of thioether (sulfide) groups is 1. The molecule has 2 aromatic carbocycles. The molecule has 0 bridgehead atoms. The summed E-state index contributed by atoms with van der Waals surface area (Å²) in [7, 11) is 0. The van der Waals surface area contributed by atoms with Crippen molar-refractivity contribution in [3.8, 4) is 0 Å². The number of anilines is 1. The highest BCUT2D eigenvalue weighted by Gasteiger charge is 2.30. The first kappa shape index (κ1) is 19.9. The van der Waals surface area contributed by atoms with E-state index >= 15 is 0 Å². The van der Waals surface area contributed by atoms with Gasteiger partial charge in [0.2, 0.25) is 5.91 Å². The molecule has 0 spiro atoms. The van der Waals surface area contributed by atoms with Crippen LogP contribution in [-0.2, 0) is 16.7 Å². The van der Waals surface area contributed by atoms with E-state index < -0.39 is 17.0 Å². The third kappa shape index (κ3) is 5.56. The Balaban J connectivity index is 1.98. The van der Waals surface area contributed by atoms with Crippen LogP contribution in [-0.4, -0.2) is 11.2 Å². The van der Waals surface area contributed by atoms with Gasteiger partial charge in [0.1, 0.15) is 0 Å². The molecule has 8 heteroatoms. The lowest BCUT2D eigenvalue weighted by molar-refractivity contribution is -0.137. The smallest absolute Gasteiger partial charge is 0.323 e. The van der Waals surface area contributed by atoms with Crippen LogP contribution in [0.3, 0.4) is 0 Å². The van der Waals surface area contributed by atoms with E-state index in [1.54, 1.807) is 31.2 Å². The van der Waals surface area contributed by atoms with Crippen molar-refractivity contribution in [3.63, 3.8) is 0 Å². The van der Waals surface area contributed by atoms with Crippen LogP contribution in [0.4, 0.5) is 18.9 Å². The number of benzene rings is 2. The molecule has 0 aliphatic rings. The molecule has 0 saturated carbocycles. The summed E-state index contributed by atoms with van der Waals surface area (Å²) in [6, 6.07) is 9.91. The first-order valence-electron chi connectivity index (χ1n) is 7.21. The lowest BCUT2D eigenvalue weighted by atomic mass is 10.1. The van der Waals surface area contributed by atoms with Crippen LogP contribution in [0.1, 0.15) is 18.1 Å². The van der Waals surface area contributed by atoms with Gasteiger partial charge in [-0.3, -0.25) is 4.79 Å². The lowest BCUT2D eigenvalue weighted by Crippen LogP contribution is -2.23. The van der Waals surface area contributed by atoms with Crippen molar-refractivity contribution in [2.45, 2.75) is 24.1 Å². The molecule has 134 valence electrons. The molecule has 0 aliphatic heterocycles. The Morgan fingerprint density at radius 1 is 1.16 bits per heavy atom. The molecule has 1 unspecified atom stereocenters. The highest BCUT2D eigenvalue weighted by Crippen LogP contribution is 2.32. The molecule has 0 fully saturated rings. The fraction of sp³-hybridized carbons (Fsp3) is 0.235. The second kappa shape index (κ2) is 8.34. The van der Waals surface area contributed by atoms with Gasteiger partial charge in [0.05, 0.1) is 26.5 Å². The zero-order valence-corrected chi connectivity index (χ0v) is 15.4. The van der Waals surface area contributed by atoms with Crippen LogP contribution >= 0.6 is 35.0 Å². The van der Waals surface area contributed by atoms with Crippen LogP contribution in [0, 0.1) is 0 Å². The summed E-state index contributed by atoms with van der Waals surface area (Å²) in [6.45, 7) is 1.67. The highest BCUT2D eigenvalue weighted by atomic mass is 35.5. The predicted molar refractivity (Wildman–Crippen MR) is 97.3 cm³/mol. The third-order valence-electron chi connectivity index (χ3n) is 3.33. The van der Waals surface area contributed by atoms with Crippen molar-refractivity contribution >= 4 is 46.6 Å². The minimum atomic E-state index is -4.38. The average molecular weight is 408 g/mol. The SMILES string of the molecule is CC(SCc1cccc(C(F)(F)F)c1)C(=O)Nc1c(Cl)cccc1Cl. The Morgan fingerprint density at radius 3 is 2.36 bits per heavy atom. The van der Waals surface area contributed by atoms with E-state index in [1.165, 1.54) is 17.8 Å². The maximum atomic E-state index is 12.7. The van der Waals surface area contributed by atoms with E-state index in [0.29, 0.717) is 21.3 Å². The Kier molecular flexibility index (Phi) is 6.65. The Hall–Kier alpha value is -1.37. The summed E-state index contributed by atoms with van der Waals surface area (Å²) >= 11 is 13.2. The quantitative estimate of drug-likeness (QED) is 0.632. The molecule has 1 amide bonds. The molecule has 0 aliphatic carbocycles. The third-order valence-corrected chi connectivity index (χ3v) is 5.18. The summed E-state index contributed by atoms with van der Waals surface area (Å²) in [6.07, 6.45) is -4.38. The van der Waals surface area contributed by atoms with Gasteiger partial charge in [-0.1, -0.05) is 47.5 Å². The Bertz CT molecular complexity index is 748. The maximum Gasteiger partial charge on any atom is 0.416 e. The standard InChI is InChI=1S/C17H14Cl2F3NOS/c1-10(16(24)23-15-13(18)6-3-7-14(15)19)25-9-11-4-2-5-12(8-11)17(20,21)22/h2-8,10H,9H2,1H3,(H,23,24). The minimum absolute atomic E-state index is 0.273. The van der Waals surface area contributed by atoms with E-state index in [1.807, 2.05) is 0 Å². The van der Waals surface area contributed by atoms with E-state index in [9.17, 15) is 18.0 Å². The summed E-state index contributed by atoms with van der Waals surface area (Å²) < 4.78 is 38.2. The largest absolute Gasteiger partial charge is 0.416 e. The number of nitrogens with one attached hydrogen (secondary N) is 1. The Morgan fingerprint density at radius 2 is 1.76 bits per heavy atom. The molecule has 0 aromatic heterocycles. The van der Waals surface area contributed by atoms with Crippen LogP contribution in [0.5, 0.6) is 0 Å². The summed E-state index contributed by atoms with van der Waals surface area (Å²) in [4.78, 5) is 12.2. The number of hydrogen-bond donors (Lipinski definition) is 1. The summed E-state index contributed by atoms with van der Waals surface area (Å²) in [5.41, 5.74) is 0.114. The predicted octanol–water partition coefficient (Wildman–Crippen LogP) is 6.27. The number of amides is 1. The number of carbonyl (C=O) groups is 1. The second-order valence-corrected chi connectivity index (χ2v) is 7.38. The molecule has 2 nitrogen and oxygen atoms in total. The Labute approximate surface area is 157 Å². The van der Waals surface area contributed by atoms with Gasteiger partial charge in [0, 0.05) is 5.75 Å². The molecule has 0 saturated heterocycles. The molecule has 1 atom stereocenters. The minimum Gasteiger partial charge on any atom is -0.323 e. The topological polar surface area (TPSA) is 29.1 Å². The van der Waals surface area contributed by atoms with Gasteiger partial charge in [-0.25, -0.2) is 0 Å².